The third-order valence-corrected chi connectivity index (χ3v) is 4.74. The lowest BCUT2D eigenvalue weighted by Gasteiger charge is -2.26. The van der Waals surface area contributed by atoms with Crippen molar-refractivity contribution in [3.8, 4) is 0 Å². The summed E-state index contributed by atoms with van der Waals surface area (Å²) in [6.45, 7) is 5.65. The number of carbonyl (C=O) groups excluding carboxylic acids is 1. The van der Waals surface area contributed by atoms with Gasteiger partial charge in [-0.2, -0.15) is 0 Å². The molecule has 0 bridgehead atoms. The van der Waals surface area contributed by atoms with Gasteiger partial charge in [-0.05, 0) is 30.7 Å². The maximum absolute atomic E-state index is 12.6. The summed E-state index contributed by atoms with van der Waals surface area (Å²) in [7, 11) is 0. The normalized spacial score (nSPS) is 17.0. The van der Waals surface area contributed by atoms with Gasteiger partial charge in [0.2, 0.25) is 0 Å². The summed E-state index contributed by atoms with van der Waals surface area (Å²) in [6.07, 6.45) is 3.02. The first-order valence-electron chi connectivity index (χ1n) is 7.26. The number of hydrogen-bond donors (Lipinski definition) is 1. The van der Waals surface area contributed by atoms with Gasteiger partial charge in [0, 0.05) is 19.2 Å². The van der Waals surface area contributed by atoms with Gasteiger partial charge in [0.1, 0.15) is 5.69 Å². The highest BCUT2D eigenvalue weighted by molar-refractivity contribution is 6.01. The molecule has 1 fully saturated rings. The van der Waals surface area contributed by atoms with Gasteiger partial charge in [-0.3, -0.25) is 14.9 Å². The molecule has 1 amide bonds. The van der Waals surface area contributed by atoms with E-state index in [9.17, 15) is 14.9 Å². The van der Waals surface area contributed by atoms with Gasteiger partial charge in [0.05, 0.1) is 10.5 Å². The molecule has 2 rings (SSSR count). The van der Waals surface area contributed by atoms with Crippen LogP contribution in [-0.2, 0) is 0 Å². The third kappa shape index (κ3) is 2.70. The average molecular weight is 291 g/mol. The summed E-state index contributed by atoms with van der Waals surface area (Å²) in [5.74, 6) is -0.208. The molecule has 6 nitrogen and oxygen atoms in total. The molecule has 2 N–H and O–H groups in total. The Morgan fingerprint density at radius 1 is 1.43 bits per heavy atom. The SMILES string of the molecule is CCC1(CC)CCN(C(=O)c2cccc([N+](=O)[O-])c2N)C1. The van der Waals surface area contributed by atoms with Gasteiger partial charge in [-0.1, -0.05) is 19.9 Å². The van der Waals surface area contributed by atoms with Crippen LogP contribution in [0.4, 0.5) is 11.4 Å². The zero-order chi connectivity index (χ0) is 15.6. The van der Waals surface area contributed by atoms with Crippen molar-refractivity contribution in [3.63, 3.8) is 0 Å². The van der Waals surface area contributed by atoms with Crippen molar-refractivity contribution in [2.24, 2.45) is 5.41 Å². The van der Waals surface area contributed by atoms with E-state index in [1.165, 1.54) is 12.1 Å². The Labute approximate surface area is 124 Å². The Hall–Kier alpha value is -2.11. The molecule has 114 valence electrons. The number of amides is 1. The summed E-state index contributed by atoms with van der Waals surface area (Å²) in [4.78, 5) is 24.7. The number of hydrogen-bond acceptors (Lipinski definition) is 4. The number of nitrogens with two attached hydrogens (primary N) is 1. The van der Waals surface area contributed by atoms with Crippen LogP contribution >= 0.6 is 0 Å². The highest BCUT2D eigenvalue weighted by atomic mass is 16.6. The first-order valence-corrected chi connectivity index (χ1v) is 7.26. The van der Waals surface area contributed by atoms with Crippen LogP contribution in [0.3, 0.4) is 0 Å². The van der Waals surface area contributed by atoms with Gasteiger partial charge in [0.25, 0.3) is 11.6 Å². The van der Waals surface area contributed by atoms with E-state index in [4.69, 9.17) is 5.73 Å². The summed E-state index contributed by atoms with van der Waals surface area (Å²) < 4.78 is 0. The molecule has 0 unspecified atom stereocenters. The lowest BCUT2D eigenvalue weighted by molar-refractivity contribution is -0.383. The lowest BCUT2D eigenvalue weighted by Crippen LogP contribution is -2.32. The number of nitrogen functional groups attached to an aromatic ring is 1. The minimum Gasteiger partial charge on any atom is -0.393 e. The van der Waals surface area contributed by atoms with Crippen LogP contribution in [0.1, 0.15) is 43.5 Å². The van der Waals surface area contributed by atoms with Crippen LogP contribution in [0.5, 0.6) is 0 Å². The molecule has 1 aliphatic heterocycles. The molecule has 1 aromatic carbocycles. The summed E-state index contributed by atoms with van der Waals surface area (Å²) in [5, 5.41) is 10.9. The second-order valence-corrected chi connectivity index (χ2v) is 5.68. The minimum atomic E-state index is -0.557. The molecule has 0 aromatic heterocycles. The molecule has 21 heavy (non-hydrogen) atoms. The first kappa shape index (κ1) is 15.3. The number of nitro benzene ring substituents is 1. The van der Waals surface area contributed by atoms with E-state index in [2.05, 4.69) is 13.8 Å². The van der Waals surface area contributed by atoms with E-state index < -0.39 is 4.92 Å². The Morgan fingerprint density at radius 3 is 2.62 bits per heavy atom. The zero-order valence-corrected chi connectivity index (χ0v) is 12.5. The fraction of sp³-hybridized carbons (Fsp3) is 0.533. The summed E-state index contributed by atoms with van der Waals surface area (Å²) in [5.41, 5.74) is 5.94. The van der Waals surface area contributed by atoms with Crippen molar-refractivity contribution in [2.75, 3.05) is 18.8 Å². The number of para-hydroxylation sites is 1. The van der Waals surface area contributed by atoms with Crippen LogP contribution in [0.2, 0.25) is 0 Å². The molecular formula is C15H21N3O3. The number of nitro groups is 1. The zero-order valence-electron chi connectivity index (χ0n) is 12.5. The summed E-state index contributed by atoms with van der Waals surface area (Å²) in [6, 6.07) is 4.38. The fourth-order valence-electron chi connectivity index (χ4n) is 3.00. The van der Waals surface area contributed by atoms with Crippen molar-refractivity contribution in [3.05, 3.63) is 33.9 Å². The topological polar surface area (TPSA) is 89.5 Å². The molecule has 1 aliphatic rings. The van der Waals surface area contributed by atoms with Crippen molar-refractivity contribution in [1.82, 2.24) is 4.90 Å². The van der Waals surface area contributed by atoms with E-state index in [1.54, 1.807) is 11.0 Å². The Bertz CT molecular complexity index is 567. The molecular weight excluding hydrogens is 270 g/mol. The molecule has 0 atom stereocenters. The predicted octanol–water partition coefficient (Wildman–Crippen LogP) is 2.83. The molecule has 0 spiro atoms. The average Bonchev–Trinajstić information content (AvgIpc) is 2.91. The van der Waals surface area contributed by atoms with Crippen molar-refractivity contribution in [2.45, 2.75) is 33.1 Å². The van der Waals surface area contributed by atoms with Crippen LogP contribution in [0.15, 0.2) is 18.2 Å². The van der Waals surface area contributed by atoms with Crippen LogP contribution in [0, 0.1) is 15.5 Å². The standard InChI is InChI=1S/C15H21N3O3/c1-3-15(4-2)8-9-17(10-15)14(19)11-6-5-7-12(13(11)16)18(20)21/h5-7H,3-4,8-10,16H2,1-2H3. The van der Waals surface area contributed by atoms with Crippen LogP contribution in [-0.4, -0.2) is 28.8 Å². The number of nitrogens with zero attached hydrogens (tertiary/aromatic N) is 2. The summed E-state index contributed by atoms with van der Waals surface area (Å²) >= 11 is 0. The maximum atomic E-state index is 12.6. The van der Waals surface area contributed by atoms with Gasteiger partial charge < -0.3 is 10.6 Å². The molecule has 1 aromatic rings. The number of benzene rings is 1. The number of rotatable bonds is 4. The number of anilines is 1. The maximum Gasteiger partial charge on any atom is 0.292 e. The quantitative estimate of drug-likeness (QED) is 0.524. The largest absolute Gasteiger partial charge is 0.393 e. The highest BCUT2D eigenvalue weighted by Crippen LogP contribution is 2.38. The second kappa shape index (κ2) is 5.71. The van der Waals surface area contributed by atoms with E-state index >= 15 is 0 Å². The molecule has 6 heteroatoms. The Balaban J connectivity index is 2.26. The van der Waals surface area contributed by atoms with Gasteiger partial charge in [-0.25, -0.2) is 0 Å². The number of carbonyl (C=O) groups is 1. The van der Waals surface area contributed by atoms with Crippen LogP contribution in [0.25, 0.3) is 0 Å². The smallest absolute Gasteiger partial charge is 0.292 e. The Kier molecular flexibility index (Phi) is 4.16. The molecule has 0 aliphatic carbocycles. The third-order valence-electron chi connectivity index (χ3n) is 4.74. The van der Waals surface area contributed by atoms with Crippen molar-refractivity contribution >= 4 is 17.3 Å². The van der Waals surface area contributed by atoms with Gasteiger partial charge in [0.15, 0.2) is 0 Å². The molecule has 0 radical (unpaired) electrons. The van der Waals surface area contributed by atoms with Gasteiger partial charge in [-0.15, -0.1) is 0 Å². The molecule has 0 saturated carbocycles. The monoisotopic (exact) mass is 291 g/mol. The minimum absolute atomic E-state index is 0.0435. The van der Waals surface area contributed by atoms with E-state index in [0.29, 0.717) is 13.1 Å². The van der Waals surface area contributed by atoms with E-state index in [-0.39, 0.29) is 28.3 Å². The number of likely N-dealkylation sites (tertiary alicyclic amines) is 1. The lowest BCUT2D eigenvalue weighted by atomic mass is 9.82. The van der Waals surface area contributed by atoms with E-state index in [1.807, 2.05) is 0 Å². The van der Waals surface area contributed by atoms with Crippen LogP contribution < -0.4 is 5.73 Å². The molecule has 1 saturated heterocycles. The molecule has 1 heterocycles. The fourth-order valence-corrected chi connectivity index (χ4v) is 3.00. The van der Waals surface area contributed by atoms with Crippen molar-refractivity contribution in [1.29, 1.82) is 0 Å². The van der Waals surface area contributed by atoms with Gasteiger partial charge >= 0.3 is 0 Å². The Morgan fingerprint density at radius 2 is 2.10 bits per heavy atom. The highest BCUT2D eigenvalue weighted by Gasteiger charge is 2.38. The first-order chi connectivity index (χ1) is 9.94. The van der Waals surface area contributed by atoms with E-state index in [0.717, 1.165) is 19.3 Å². The second-order valence-electron chi connectivity index (χ2n) is 5.68. The predicted molar refractivity (Wildman–Crippen MR) is 81.0 cm³/mol. The van der Waals surface area contributed by atoms with Crippen molar-refractivity contribution < 1.29 is 9.72 Å².